The second kappa shape index (κ2) is 8.61. The van der Waals surface area contributed by atoms with Gasteiger partial charge in [-0.25, -0.2) is 0 Å². The smallest absolute Gasteiger partial charge is 0.00442 e. The van der Waals surface area contributed by atoms with Gasteiger partial charge >= 0.3 is 0 Å². The molecule has 0 bridgehead atoms. The van der Waals surface area contributed by atoms with Gasteiger partial charge < -0.3 is 0 Å². The number of unbranched alkanes of at least 4 members (excludes halogenated alkanes) is 5. The van der Waals surface area contributed by atoms with Gasteiger partial charge in [0.2, 0.25) is 0 Å². The van der Waals surface area contributed by atoms with Gasteiger partial charge in [-0.15, -0.1) is 0 Å². The molecule has 0 heterocycles. The molecule has 1 saturated carbocycles. The van der Waals surface area contributed by atoms with E-state index in [1.807, 2.05) is 0 Å². The van der Waals surface area contributed by atoms with Crippen LogP contribution in [0.15, 0.2) is 24.3 Å². The van der Waals surface area contributed by atoms with E-state index >= 15 is 0 Å². The average molecular weight is 285 g/mol. The van der Waals surface area contributed by atoms with Gasteiger partial charge in [-0.2, -0.15) is 0 Å². The third kappa shape index (κ3) is 4.59. The SMILES string of the molecule is [CH2]c1ccccc1C1(CCCCCCCC)CCCCC1. The third-order valence-electron chi connectivity index (χ3n) is 5.41. The van der Waals surface area contributed by atoms with Crippen LogP contribution in [0.4, 0.5) is 0 Å². The fourth-order valence-electron chi connectivity index (χ4n) is 4.16. The van der Waals surface area contributed by atoms with Crippen molar-refractivity contribution in [2.45, 2.75) is 89.4 Å². The molecule has 0 heteroatoms. The van der Waals surface area contributed by atoms with E-state index in [-0.39, 0.29) is 0 Å². The minimum atomic E-state index is 0.446. The van der Waals surface area contributed by atoms with Crippen LogP contribution in [0.5, 0.6) is 0 Å². The first-order valence-electron chi connectivity index (χ1n) is 9.20. The molecule has 1 aromatic carbocycles. The van der Waals surface area contributed by atoms with Crippen LogP contribution >= 0.6 is 0 Å². The molecule has 0 N–H and O–H groups in total. The number of benzene rings is 1. The van der Waals surface area contributed by atoms with Crippen LogP contribution in [0.2, 0.25) is 0 Å². The Balaban J connectivity index is 1.96. The first kappa shape index (κ1) is 16.6. The minimum Gasteiger partial charge on any atom is -0.0654 e. The molecule has 117 valence electrons. The molecule has 1 aliphatic rings. The highest BCUT2D eigenvalue weighted by Gasteiger charge is 2.34. The Bertz CT molecular complexity index is 398. The summed E-state index contributed by atoms with van der Waals surface area (Å²) < 4.78 is 0. The molecule has 1 aromatic rings. The Kier molecular flexibility index (Phi) is 6.80. The number of hydrogen-bond donors (Lipinski definition) is 0. The molecule has 0 spiro atoms. The van der Waals surface area contributed by atoms with Crippen LogP contribution in [0.3, 0.4) is 0 Å². The average Bonchev–Trinajstić information content (AvgIpc) is 2.52. The van der Waals surface area contributed by atoms with Gasteiger partial charge in [0, 0.05) is 0 Å². The lowest BCUT2D eigenvalue weighted by atomic mass is 9.65. The molecule has 1 radical (unpaired) electrons. The molecule has 0 atom stereocenters. The molecule has 1 aliphatic carbocycles. The van der Waals surface area contributed by atoms with Gasteiger partial charge in [-0.05, 0) is 42.7 Å². The largest absolute Gasteiger partial charge is 0.0654 e. The lowest BCUT2D eigenvalue weighted by molar-refractivity contribution is 0.264. The van der Waals surface area contributed by atoms with Gasteiger partial charge in [0.15, 0.2) is 0 Å². The van der Waals surface area contributed by atoms with E-state index in [4.69, 9.17) is 0 Å². The van der Waals surface area contributed by atoms with Gasteiger partial charge in [0.1, 0.15) is 0 Å². The van der Waals surface area contributed by atoms with Crippen LogP contribution in [-0.2, 0) is 5.41 Å². The molecule has 0 saturated heterocycles. The van der Waals surface area contributed by atoms with E-state index in [2.05, 4.69) is 38.1 Å². The molecular formula is C21H33. The first-order valence-corrected chi connectivity index (χ1v) is 9.20. The maximum absolute atomic E-state index is 4.31. The van der Waals surface area contributed by atoms with Crippen LogP contribution in [0.1, 0.15) is 95.1 Å². The minimum absolute atomic E-state index is 0.446. The molecule has 0 amide bonds. The van der Waals surface area contributed by atoms with E-state index in [9.17, 15) is 0 Å². The normalized spacial score (nSPS) is 17.8. The maximum Gasteiger partial charge on any atom is -0.00442 e. The second-order valence-electron chi connectivity index (χ2n) is 7.02. The topological polar surface area (TPSA) is 0 Å². The summed E-state index contributed by atoms with van der Waals surface area (Å²) in [5.41, 5.74) is 3.27. The molecule has 0 unspecified atom stereocenters. The highest BCUT2D eigenvalue weighted by molar-refractivity contribution is 5.36. The standard InChI is InChI=1S/C21H33/c1-3-4-5-6-7-11-16-21(17-12-8-13-18-21)20-15-10-9-14-19(20)2/h9-10,14-15H,2-8,11-13,16-18H2,1H3. The summed E-state index contributed by atoms with van der Waals surface area (Å²) >= 11 is 0. The fourth-order valence-corrected chi connectivity index (χ4v) is 4.16. The Morgan fingerprint density at radius 1 is 0.905 bits per heavy atom. The maximum atomic E-state index is 4.31. The van der Waals surface area contributed by atoms with Gasteiger partial charge in [-0.3, -0.25) is 0 Å². The number of hydrogen-bond acceptors (Lipinski definition) is 0. The molecule has 2 rings (SSSR count). The summed E-state index contributed by atoms with van der Waals surface area (Å²) in [6, 6.07) is 8.90. The van der Waals surface area contributed by atoms with Crippen molar-refractivity contribution in [2.75, 3.05) is 0 Å². The van der Waals surface area contributed by atoms with Crippen molar-refractivity contribution in [3.05, 3.63) is 42.3 Å². The second-order valence-corrected chi connectivity index (χ2v) is 7.02. The van der Waals surface area contributed by atoms with Gasteiger partial charge in [-0.1, -0.05) is 89.0 Å². The highest BCUT2D eigenvalue weighted by atomic mass is 14.4. The summed E-state index contributed by atoms with van der Waals surface area (Å²) in [5, 5.41) is 0. The number of rotatable bonds is 8. The van der Waals surface area contributed by atoms with E-state index in [0.717, 1.165) is 0 Å². The summed E-state index contributed by atoms with van der Waals surface area (Å²) in [4.78, 5) is 0. The van der Waals surface area contributed by atoms with Crippen LogP contribution in [0.25, 0.3) is 0 Å². The van der Waals surface area contributed by atoms with Crippen molar-refractivity contribution in [2.24, 2.45) is 0 Å². The predicted octanol–water partition coefficient (Wildman–Crippen LogP) is 6.82. The van der Waals surface area contributed by atoms with Crippen molar-refractivity contribution >= 4 is 0 Å². The Morgan fingerprint density at radius 2 is 1.57 bits per heavy atom. The zero-order valence-corrected chi connectivity index (χ0v) is 14.0. The molecule has 0 aliphatic heterocycles. The van der Waals surface area contributed by atoms with Crippen molar-refractivity contribution in [1.29, 1.82) is 0 Å². The van der Waals surface area contributed by atoms with Crippen molar-refractivity contribution < 1.29 is 0 Å². The van der Waals surface area contributed by atoms with Crippen molar-refractivity contribution in [1.82, 2.24) is 0 Å². The van der Waals surface area contributed by atoms with E-state index in [1.165, 1.54) is 82.6 Å². The zero-order chi connectivity index (χ0) is 15.0. The van der Waals surface area contributed by atoms with Crippen molar-refractivity contribution in [3.8, 4) is 0 Å². The lowest BCUT2D eigenvalue weighted by Crippen LogP contribution is -2.30. The van der Waals surface area contributed by atoms with Gasteiger partial charge in [0.05, 0.1) is 0 Å². The lowest BCUT2D eigenvalue weighted by Gasteiger charge is -2.39. The van der Waals surface area contributed by atoms with E-state index in [1.54, 1.807) is 5.56 Å². The van der Waals surface area contributed by atoms with Crippen LogP contribution in [0, 0.1) is 6.92 Å². The fraction of sp³-hybridized carbons (Fsp3) is 0.667. The highest BCUT2D eigenvalue weighted by Crippen LogP contribution is 2.44. The quantitative estimate of drug-likeness (QED) is 0.460. The molecule has 0 nitrogen and oxygen atoms in total. The summed E-state index contributed by atoms with van der Waals surface area (Å²) in [6.45, 7) is 6.60. The monoisotopic (exact) mass is 285 g/mol. The Labute approximate surface area is 132 Å². The van der Waals surface area contributed by atoms with E-state index < -0.39 is 0 Å². The molecular weight excluding hydrogens is 252 g/mol. The van der Waals surface area contributed by atoms with Crippen LogP contribution in [-0.4, -0.2) is 0 Å². The first-order chi connectivity index (χ1) is 10.3. The molecule has 0 aromatic heterocycles. The Hall–Kier alpha value is -0.780. The summed E-state index contributed by atoms with van der Waals surface area (Å²) in [7, 11) is 0. The summed E-state index contributed by atoms with van der Waals surface area (Å²) in [5.74, 6) is 0. The Morgan fingerprint density at radius 3 is 2.29 bits per heavy atom. The van der Waals surface area contributed by atoms with Gasteiger partial charge in [0.25, 0.3) is 0 Å². The zero-order valence-electron chi connectivity index (χ0n) is 14.0. The van der Waals surface area contributed by atoms with Crippen LogP contribution < -0.4 is 0 Å². The molecule has 21 heavy (non-hydrogen) atoms. The van der Waals surface area contributed by atoms with E-state index in [0.29, 0.717) is 5.41 Å². The van der Waals surface area contributed by atoms with Crippen molar-refractivity contribution in [3.63, 3.8) is 0 Å². The third-order valence-corrected chi connectivity index (χ3v) is 5.41. The predicted molar refractivity (Wildman–Crippen MR) is 93.7 cm³/mol. The molecule has 1 fully saturated rings. The summed E-state index contributed by atoms with van der Waals surface area (Å²) in [6.07, 6.45) is 16.8.